The van der Waals surface area contributed by atoms with Crippen LogP contribution in [-0.4, -0.2) is 44.0 Å². The second kappa shape index (κ2) is 9.25. The lowest BCUT2D eigenvalue weighted by Gasteiger charge is -2.19. The number of nitrogens with two attached hydrogens (primary N) is 1. The Morgan fingerprint density at radius 2 is 1.94 bits per heavy atom. The zero-order valence-electron chi connectivity index (χ0n) is 20.3. The quantitative estimate of drug-likeness (QED) is 0.314. The number of nitrogens with zero attached hydrogens (tertiary/aromatic N) is 7. The topological polar surface area (TPSA) is 140 Å². The van der Waals surface area contributed by atoms with Gasteiger partial charge in [0.15, 0.2) is 5.69 Å². The van der Waals surface area contributed by atoms with E-state index in [2.05, 4.69) is 81.1 Å². The van der Waals surface area contributed by atoms with Crippen molar-refractivity contribution in [1.29, 1.82) is 0 Å². The van der Waals surface area contributed by atoms with Crippen LogP contribution < -0.4 is 16.1 Å². The molecule has 0 atom stereocenters. The van der Waals surface area contributed by atoms with Crippen molar-refractivity contribution in [2.75, 3.05) is 17.2 Å². The summed E-state index contributed by atoms with van der Waals surface area (Å²) in [5, 5.41) is 19.8. The Morgan fingerprint density at radius 3 is 2.67 bits per heavy atom. The SMILES string of the molecule is CC(C)(C)c1ccc(/C=N\NC(=O)c2nnn(-c3nonc3N)c2CN2CCc3ccccc32)cc1. The van der Waals surface area contributed by atoms with Gasteiger partial charge in [-0.25, -0.2) is 10.1 Å². The van der Waals surface area contributed by atoms with Crippen molar-refractivity contribution in [2.45, 2.75) is 39.2 Å². The van der Waals surface area contributed by atoms with Crippen molar-refractivity contribution >= 4 is 23.6 Å². The lowest BCUT2D eigenvalue weighted by Crippen LogP contribution is -2.26. The molecule has 36 heavy (non-hydrogen) atoms. The number of fused-ring (bicyclic) bond motifs is 1. The first-order chi connectivity index (χ1) is 17.3. The number of nitrogens with one attached hydrogen (secondary N) is 1. The molecule has 0 radical (unpaired) electrons. The van der Waals surface area contributed by atoms with E-state index in [-0.39, 0.29) is 22.7 Å². The Hall–Kier alpha value is -4.54. The van der Waals surface area contributed by atoms with Gasteiger partial charge < -0.3 is 10.6 Å². The lowest BCUT2D eigenvalue weighted by atomic mass is 9.87. The monoisotopic (exact) mass is 485 g/mol. The van der Waals surface area contributed by atoms with Crippen LogP contribution >= 0.6 is 0 Å². The normalized spacial score (nSPS) is 13.4. The molecule has 0 bridgehead atoms. The van der Waals surface area contributed by atoms with Crippen molar-refractivity contribution in [2.24, 2.45) is 5.10 Å². The highest BCUT2D eigenvalue weighted by molar-refractivity contribution is 5.94. The molecule has 0 spiro atoms. The molecule has 5 rings (SSSR count). The number of anilines is 2. The zero-order chi connectivity index (χ0) is 25.3. The first-order valence-corrected chi connectivity index (χ1v) is 11.6. The van der Waals surface area contributed by atoms with Gasteiger partial charge in [-0.05, 0) is 44.9 Å². The molecule has 1 aliphatic rings. The predicted octanol–water partition coefficient (Wildman–Crippen LogP) is 2.86. The number of nitrogen functional groups attached to an aromatic ring is 1. The van der Waals surface area contributed by atoms with E-state index in [4.69, 9.17) is 10.4 Å². The molecule has 0 aliphatic carbocycles. The smallest absolute Gasteiger partial charge is 0.293 e. The van der Waals surface area contributed by atoms with Gasteiger partial charge in [-0.1, -0.05) is 68.4 Å². The maximum Gasteiger partial charge on any atom is 0.293 e. The average molecular weight is 486 g/mol. The Labute approximate surface area is 207 Å². The van der Waals surface area contributed by atoms with Crippen LogP contribution in [0.1, 0.15) is 53.6 Å². The van der Waals surface area contributed by atoms with Gasteiger partial charge >= 0.3 is 0 Å². The first kappa shape index (κ1) is 23.2. The van der Waals surface area contributed by atoms with Gasteiger partial charge in [0.05, 0.1) is 18.5 Å². The molecule has 11 nitrogen and oxygen atoms in total. The van der Waals surface area contributed by atoms with Crippen LogP contribution in [0.5, 0.6) is 0 Å². The van der Waals surface area contributed by atoms with Crippen LogP contribution in [0.15, 0.2) is 58.3 Å². The number of carbonyl (C=O) groups is 1. The third-order valence-electron chi connectivity index (χ3n) is 6.15. The molecule has 11 heteroatoms. The summed E-state index contributed by atoms with van der Waals surface area (Å²) in [6.45, 7) is 7.62. The number of para-hydroxylation sites is 1. The van der Waals surface area contributed by atoms with Gasteiger partial charge in [0.25, 0.3) is 5.91 Å². The van der Waals surface area contributed by atoms with Crippen molar-refractivity contribution in [3.8, 4) is 5.82 Å². The van der Waals surface area contributed by atoms with E-state index in [0.717, 1.165) is 24.2 Å². The van der Waals surface area contributed by atoms with E-state index in [1.165, 1.54) is 15.8 Å². The largest absolute Gasteiger partial charge is 0.378 e. The molecule has 184 valence electrons. The summed E-state index contributed by atoms with van der Waals surface area (Å²) >= 11 is 0. The van der Waals surface area contributed by atoms with E-state index in [1.54, 1.807) is 6.21 Å². The Kier molecular flexibility index (Phi) is 5.96. The molecule has 3 N–H and O–H groups in total. The highest BCUT2D eigenvalue weighted by Crippen LogP contribution is 2.30. The second-order valence-electron chi connectivity index (χ2n) is 9.64. The van der Waals surface area contributed by atoms with Crippen molar-refractivity contribution in [1.82, 2.24) is 30.7 Å². The van der Waals surface area contributed by atoms with Crippen LogP contribution in [-0.2, 0) is 18.4 Å². The first-order valence-electron chi connectivity index (χ1n) is 11.6. The summed E-state index contributed by atoms with van der Waals surface area (Å²) in [6.07, 6.45) is 2.50. The molecule has 1 amide bonds. The van der Waals surface area contributed by atoms with Gasteiger partial charge in [-0.2, -0.15) is 9.78 Å². The van der Waals surface area contributed by atoms with Gasteiger partial charge in [0, 0.05) is 12.2 Å². The van der Waals surface area contributed by atoms with E-state index in [0.29, 0.717) is 12.2 Å². The van der Waals surface area contributed by atoms with E-state index in [9.17, 15) is 4.79 Å². The maximum atomic E-state index is 13.1. The predicted molar refractivity (Wildman–Crippen MR) is 135 cm³/mol. The number of aromatic nitrogens is 5. The molecule has 2 aromatic carbocycles. The number of hydrogen-bond donors (Lipinski definition) is 2. The van der Waals surface area contributed by atoms with Gasteiger partial charge in [0.2, 0.25) is 11.6 Å². The Balaban J connectivity index is 1.39. The molecule has 0 saturated heterocycles. The minimum absolute atomic E-state index is 0.0478. The van der Waals surface area contributed by atoms with Gasteiger partial charge in [-0.3, -0.25) is 4.79 Å². The molecule has 0 unspecified atom stereocenters. The van der Waals surface area contributed by atoms with Crippen LogP contribution in [0.25, 0.3) is 5.82 Å². The van der Waals surface area contributed by atoms with Crippen molar-refractivity contribution < 1.29 is 9.42 Å². The summed E-state index contributed by atoms with van der Waals surface area (Å²) in [5.41, 5.74) is 13.5. The Morgan fingerprint density at radius 1 is 1.17 bits per heavy atom. The van der Waals surface area contributed by atoms with Gasteiger partial charge in [0.1, 0.15) is 0 Å². The molecular formula is C25H27N9O2. The molecule has 3 heterocycles. The fourth-order valence-electron chi connectivity index (χ4n) is 4.17. The fraction of sp³-hybridized carbons (Fsp3) is 0.280. The van der Waals surface area contributed by atoms with Gasteiger partial charge in [-0.15, -0.1) is 5.10 Å². The molecule has 0 saturated carbocycles. The van der Waals surface area contributed by atoms with E-state index in [1.807, 2.05) is 24.3 Å². The Bertz CT molecular complexity index is 1410. The number of rotatable bonds is 6. The number of amides is 1. The molecular weight excluding hydrogens is 458 g/mol. The van der Waals surface area contributed by atoms with Crippen molar-refractivity contribution in [3.05, 3.63) is 76.6 Å². The summed E-state index contributed by atoms with van der Waals surface area (Å²) in [4.78, 5) is 15.2. The van der Waals surface area contributed by atoms with E-state index < -0.39 is 5.91 Å². The molecule has 1 aliphatic heterocycles. The minimum atomic E-state index is -0.499. The third kappa shape index (κ3) is 4.54. The number of carbonyl (C=O) groups excluding carboxylic acids is 1. The highest BCUT2D eigenvalue weighted by atomic mass is 16.6. The van der Waals surface area contributed by atoms with Crippen molar-refractivity contribution in [3.63, 3.8) is 0 Å². The summed E-state index contributed by atoms with van der Waals surface area (Å²) in [7, 11) is 0. The average Bonchev–Trinajstić information content (AvgIpc) is 3.58. The minimum Gasteiger partial charge on any atom is -0.378 e. The lowest BCUT2D eigenvalue weighted by molar-refractivity contribution is 0.0949. The maximum absolute atomic E-state index is 13.1. The third-order valence-corrected chi connectivity index (χ3v) is 6.15. The molecule has 0 fully saturated rings. The summed E-state index contributed by atoms with van der Waals surface area (Å²) < 4.78 is 6.13. The highest BCUT2D eigenvalue weighted by Gasteiger charge is 2.28. The standard InChI is InChI=1S/C25H27N9O2/c1-25(2,3)18-10-8-16(9-11-18)14-27-29-24(35)21-20(34(32-28-21)23-22(26)30-36-31-23)15-33-13-12-17-6-4-5-7-19(17)33/h4-11,14H,12-13,15H2,1-3H3,(H2,26,30)(H,29,35)/b27-14-. The fourth-order valence-corrected chi connectivity index (χ4v) is 4.17. The second-order valence-corrected chi connectivity index (χ2v) is 9.64. The molecule has 2 aromatic heterocycles. The summed E-state index contributed by atoms with van der Waals surface area (Å²) in [6, 6.07) is 16.2. The van der Waals surface area contributed by atoms with Crippen LogP contribution in [0.3, 0.4) is 0 Å². The zero-order valence-corrected chi connectivity index (χ0v) is 20.3. The van der Waals surface area contributed by atoms with Crippen LogP contribution in [0.4, 0.5) is 11.5 Å². The summed E-state index contributed by atoms with van der Waals surface area (Å²) in [5.74, 6) is -0.278. The number of hydrazone groups is 1. The molecule has 4 aromatic rings. The number of benzene rings is 2. The van der Waals surface area contributed by atoms with E-state index >= 15 is 0 Å². The van der Waals surface area contributed by atoms with Crippen LogP contribution in [0, 0.1) is 0 Å². The van der Waals surface area contributed by atoms with Crippen LogP contribution in [0.2, 0.25) is 0 Å². The number of hydrogen-bond acceptors (Lipinski definition) is 9.